The minimum atomic E-state index is -0.793. The Morgan fingerprint density at radius 1 is 1.21 bits per heavy atom. The molecule has 19 heavy (non-hydrogen) atoms. The van der Waals surface area contributed by atoms with Crippen molar-refractivity contribution in [2.45, 2.75) is 6.04 Å². The molecule has 5 heteroatoms. The number of thiophene rings is 1. The van der Waals surface area contributed by atoms with Gasteiger partial charge in [0, 0.05) is 5.38 Å². The Labute approximate surface area is 115 Å². The second-order valence-corrected chi connectivity index (χ2v) is 4.63. The smallest absolute Gasteiger partial charge is 0.333 e. The van der Waals surface area contributed by atoms with E-state index in [2.05, 4.69) is 5.32 Å². The van der Waals surface area contributed by atoms with E-state index in [9.17, 15) is 9.59 Å². The standard InChI is InChI=1S/C14H13NO3S/c1-18-14(17)12(10-5-3-2-4-6-10)15-13(16)11-7-8-19-9-11/h2-9,12H,1H3,(H,15,16)/t12-/m1/s1. The molecule has 0 radical (unpaired) electrons. The van der Waals surface area contributed by atoms with Crippen molar-refractivity contribution in [2.24, 2.45) is 0 Å². The molecule has 0 aliphatic heterocycles. The van der Waals surface area contributed by atoms with E-state index in [-0.39, 0.29) is 5.91 Å². The molecule has 1 atom stereocenters. The number of methoxy groups -OCH3 is 1. The fourth-order valence-electron chi connectivity index (χ4n) is 1.65. The van der Waals surface area contributed by atoms with Gasteiger partial charge in [-0.15, -0.1) is 0 Å². The molecule has 4 nitrogen and oxygen atoms in total. The normalized spacial score (nSPS) is 11.6. The molecule has 2 aromatic rings. The summed E-state index contributed by atoms with van der Waals surface area (Å²) in [6.45, 7) is 0. The van der Waals surface area contributed by atoms with Crippen LogP contribution in [0.2, 0.25) is 0 Å². The molecule has 0 saturated heterocycles. The lowest BCUT2D eigenvalue weighted by Crippen LogP contribution is -2.34. The maximum atomic E-state index is 12.0. The van der Waals surface area contributed by atoms with Crippen LogP contribution in [0.15, 0.2) is 47.2 Å². The lowest BCUT2D eigenvalue weighted by molar-refractivity contribution is -0.143. The average molecular weight is 275 g/mol. The Balaban J connectivity index is 2.20. The fraction of sp³-hybridized carbons (Fsp3) is 0.143. The summed E-state index contributed by atoms with van der Waals surface area (Å²) in [5.41, 5.74) is 1.23. The summed E-state index contributed by atoms with van der Waals surface area (Å²) in [6, 6.07) is 9.92. The summed E-state index contributed by atoms with van der Waals surface area (Å²) < 4.78 is 4.73. The van der Waals surface area contributed by atoms with Crippen molar-refractivity contribution in [3.8, 4) is 0 Å². The van der Waals surface area contributed by atoms with Gasteiger partial charge in [-0.2, -0.15) is 11.3 Å². The molecule has 0 bridgehead atoms. The van der Waals surface area contributed by atoms with Crippen LogP contribution in [0.4, 0.5) is 0 Å². The molecule has 0 unspecified atom stereocenters. The number of benzene rings is 1. The molecule has 1 heterocycles. The van der Waals surface area contributed by atoms with Crippen LogP contribution in [0.25, 0.3) is 0 Å². The Morgan fingerprint density at radius 3 is 2.53 bits per heavy atom. The monoisotopic (exact) mass is 275 g/mol. The van der Waals surface area contributed by atoms with Gasteiger partial charge in [-0.05, 0) is 17.0 Å². The summed E-state index contributed by atoms with van der Waals surface area (Å²) in [6.07, 6.45) is 0. The van der Waals surface area contributed by atoms with Gasteiger partial charge in [0.25, 0.3) is 5.91 Å². The zero-order valence-electron chi connectivity index (χ0n) is 10.3. The Bertz CT molecular complexity index is 551. The van der Waals surface area contributed by atoms with Gasteiger partial charge in [0.1, 0.15) is 0 Å². The lowest BCUT2D eigenvalue weighted by Gasteiger charge is -2.16. The summed E-state index contributed by atoms with van der Waals surface area (Å²) in [5, 5.41) is 6.22. The van der Waals surface area contributed by atoms with Gasteiger partial charge in [-0.25, -0.2) is 4.79 Å². The number of carbonyl (C=O) groups is 2. The summed E-state index contributed by atoms with van der Waals surface area (Å²) in [4.78, 5) is 23.8. The molecule has 1 N–H and O–H groups in total. The van der Waals surface area contributed by atoms with Gasteiger partial charge >= 0.3 is 5.97 Å². The zero-order chi connectivity index (χ0) is 13.7. The van der Waals surface area contributed by atoms with Gasteiger partial charge in [0.05, 0.1) is 12.7 Å². The molecule has 98 valence electrons. The number of hydrogen-bond acceptors (Lipinski definition) is 4. The van der Waals surface area contributed by atoms with Gasteiger partial charge in [0.15, 0.2) is 6.04 Å². The van der Waals surface area contributed by atoms with Crippen molar-refractivity contribution < 1.29 is 14.3 Å². The molecule has 0 fully saturated rings. The molecule has 0 aliphatic rings. The Morgan fingerprint density at radius 2 is 1.95 bits per heavy atom. The van der Waals surface area contributed by atoms with Crippen LogP contribution in [0.1, 0.15) is 22.0 Å². The van der Waals surface area contributed by atoms with Crippen LogP contribution in [-0.2, 0) is 9.53 Å². The molecule has 1 aromatic carbocycles. The highest BCUT2D eigenvalue weighted by Gasteiger charge is 2.23. The summed E-state index contributed by atoms with van der Waals surface area (Å²) in [5.74, 6) is -0.782. The van der Waals surface area contributed by atoms with Crippen LogP contribution >= 0.6 is 11.3 Å². The van der Waals surface area contributed by atoms with E-state index in [1.54, 1.807) is 23.6 Å². The number of carbonyl (C=O) groups excluding carboxylic acids is 2. The highest BCUT2D eigenvalue weighted by atomic mass is 32.1. The van der Waals surface area contributed by atoms with E-state index < -0.39 is 12.0 Å². The maximum Gasteiger partial charge on any atom is 0.333 e. The van der Waals surface area contributed by atoms with Crippen LogP contribution in [0.3, 0.4) is 0 Å². The van der Waals surface area contributed by atoms with Crippen molar-refractivity contribution in [1.82, 2.24) is 5.32 Å². The first-order valence-corrected chi connectivity index (χ1v) is 6.62. The molecule has 2 rings (SSSR count). The van der Waals surface area contributed by atoms with Gasteiger partial charge in [-0.1, -0.05) is 30.3 Å². The van der Waals surface area contributed by atoms with E-state index in [4.69, 9.17) is 4.74 Å². The van der Waals surface area contributed by atoms with Crippen LogP contribution in [0, 0.1) is 0 Å². The first kappa shape index (κ1) is 13.3. The predicted octanol–water partition coefficient (Wildman–Crippen LogP) is 2.39. The minimum absolute atomic E-state index is 0.291. The van der Waals surface area contributed by atoms with E-state index in [1.807, 2.05) is 23.6 Å². The van der Waals surface area contributed by atoms with Gasteiger partial charge in [0.2, 0.25) is 0 Å². The highest BCUT2D eigenvalue weighted by Crippen LogP contribution is 2.15. The number of ether oxygens (including phenoxy) is 1. The largest absolute Gasteiger partial charge is 0.467 e. The maximum absolute atomic E-state index is 12.0. The molecule has 0 aliphatic carbocycles. The fourth-order valence-corrected chi connectivity index (χ4v) is 2.29. The third kappa shape index (κ3) is 3.20. The molecule has 0 spiro atoms. The van der Waals surface area contributed by atoms with Gasteiger partial charge < -0.3 is 10.1 Å². The van der Waals surface area contributed by atoms with Crippen LogP contribution in [0.5, 0.6) is 0 Å². The van der Waals surface area contributed by atoms with E-state index >= 15 is 0 Å². The number of esters is 1. The number of nitrogens with one attached hydrogen (secondary N) is 1. The minimum Gasteiger partial charge on any atom is -0.467 e. The SMILES string of the molecule is COC(=O)[C@H](NC(=O)c1ccsc1)c1ccccc1. The molecular weight excluding hydrogens is 262 g/mol. The van der Waals surface area contributed by atoms with Crippen LogP contribution < -0.4 is 5.32 Å². The highest BCUT2D eigenvalue weighted by molar-refractivity contribution is 7.08. The first-order chi connectivity index (χ1) is 9.22. The predicted molar refractivity (Wildman–Crippen MR) is 73.0 cm³/mol. The molecule has 1 amide bonds. The topological polar surface area (TPSA) is 55.4 Å². The second kappa shape index (κ2) is 6.15. The Hall–Kier alpha value is -2.14. The van der Waals surface area contributed by atoms with Crippen molar-refractivity contribution in [3.05, 3.63) is 58.3 Å². The average Bonchev–Trinajstić information content (AvgIpc) is 2.99. The quantitative estimate of drug-likeness (QED) is 0.872. The Kier molecular flexibility index (Phi) is 4.30. The third-order valence-electron chi connectivity index (χ3n) is 2.63. The summed E-state index contributed by atoms with van der Waals surface area (Å²) in [7, 11) is 1.30. The van der Waals surface area contributed by atoms with Crippen molar-refractivity contribution in [1.29, 1.82) is 0 Å². The summed E-state index contributed by atoms with van der Waals surface area (Å²) >= 11 is 1.43. The van der Waals surface area contributed by atoms with Crippen molar-refractivity contribution in [2.75, 3.05) is 7.11 Å². The number of hydrogen-bond donors (Lipinski definition) is 1. The number of amides is 1. The van der Waals surface area contributed by atoms with E-state index in [1.165, 1.54) is 18.4 Å². The van der Waals surface area contributed by atoms with Crippen LogP contribution in [-0.4, -0.2) is 19.0 Å². The third-order valence-corrected chi connectivity index (χ3v) is 3.31. The van der Waals surface area contributed by atoms with Crippen molar-refractivity contribution in [3.63, 3.8) is 0 Å². The zero-order valence-corrected chi connectivity index (χ0v) is 11.1. The lowest BCUT2D eigenvalue weighted by atomic mass is 10.1. The number of rotatable bonds is 4. The molecular formula is C14H13NO3S. The molecule has 1 aromatic heterocycles. The molecule has 0 saturated carbocycles. The van der Waals surface area contributed by atoms with Crippen molar-refractivity contribution >= 4 is 23.2 Å². The van der Waals surface area contributed by atoms with E-state index in [0.717, 1.165) is 0 Å². The van der Waals surface area contributed by atoms with E-state index in [0.29, 0.717) is 11.1 Å². The van der Waals surface area contributed by atoms with Gasteiger partial charge in [-0.3, -0.25) is 4.79 Å². The first-order valence-electron chi connectivity index (χ1n) is 5.68. The second-order valence-electron chi connectivity index (χ2n) is 3.85.